The minimum atomic E-state index is -0.323. The van der Waals surface area contributed by atoms with Crippen molar-refractivity contribution in [2.45, 2.75) is 72.6 Å². The third kappa shape index (κ3) is 6.19. The lowest BCUT2D eigenvalue weighted by Gasteiger charge is -2.23. The van der Waals surface area contributed by atoms with Crippen molar-refractivity contribution in [3.8, 4) is 0 Å². The minimum absolute atomic E-state index is 0.0273. The van der Waals surface area contributed by atoms with E-state index in [1.807, 2.05) is 13.0 Å². The van der Waals surface area contributed by atoms with Crippen molar-refractivity contribution in [2.75, 3.05) is 11.9 Å². The van der Waals surface area contributed by atoms with E-state index in [2.05, 4.69) is 57.3 Å². The molecule has 1 N–H and O–H groups in total. The number of amides is 1. The van der Waals surface area contributed by atoms with E-state index in [0.717, 1.165) is 31.2 Å². The van der Waals surface area contributed by atoms with Gasteiger partial charge >= 0.3 is 5.97 Å². The zero-order valence-electron chi connectivity index (χ0n) is 19.4. The second-order valence-electron chi connectivity index (χ2n) is 9.90. The Bertz CT molecular complexity index is 911. The first-order chi connectivity index (χ1) is 14.7. The highest BCUT2D eigenvalue weighted by molar-refractivity contribution is 7.17. The number of nitrogens with one attached hydrogen (secondary N) is 1. The summed E-state index contributed by atoms with van der Waals surface area (Å²) in [6.07, 6.45) is 4.15. The molecule has 4 nitrogen and oxygen atoms in total. The fourth-order valence-corrected chi connectivity index (χ4v) is 6.05. The molecule has 168 valence electrons. The van der Waals surface area contributed by atoms with E-state index < -0.39 is 0 Å². The first kappa shape index (κ1) is 23.5. The summed E-state index contributed by atoms with van der Waals surface area (Å²) >= 11 is 1.55. The summed E-state index contributed by atoms with van der Waals surface area (Å²) in [5.74, 6) is 0.373. The average Bonchev–Trinajstić information content (AvgIpc) is 3.03. The van der Waals surface area contributed by atoms with Crippen molar-refractivity contribution in [3.05, 3.63) is 51.9 Å². The highest BCUT2D eigenvalue weighted by atomic mass is 32.1. The maximum atomic E-state index is 12.8. The molecule has 0 aliphatic heterocycles. The number of benzene rings is 1. The Morgan fingerprint density at radius 2 is 1.94 bits per heavy atom. The first-order valence-corrected chi connectivity index (χ1v) is 12.2. The predicted molar refractivity (Wildman–Crippen MR) is 128 cm³/mol. The summed E-state index contributed by atoms with van der Waals surface area (Å²) in [4.78, 5) is 26.8. The molecular weight excluding hydrogens is 406 g/mol. The molecule has 2 aromatic rings. The molecule has 1 aromatic carbocycles. The van der Waals surface area contributed by atoms with Crippen LogP contribution in [0.15, 0.2) is 30.3 Å². The number of fused-ring (bicyclic) bond motifs is 1. The van der Waals surface area contributed by atoms with Gasteiger partial charge in [0.25, 0.3) is 0 Å². The molecule has 3 rings (SSSR count). The van der Waals surface area contributed by atoms with Gasteiger partial charge in [0, 0.05) is 11.3 Å². The standard InChI is InChI=1S/C26H35NO3S/c1-6-30-25(29)23-20-13-12-19(18-10-8-7-9-11-18)15-21(20)31-24(23)27-22(28)14-17(2)16-26(3,4)5/h7-11,17,19H,6,12-16H2,1-5H3,(H,27,28)/t17-,19+/m1/s1. The molecule has 31 heavy (non-hydrogen) atoms. The highest BCUT2D eigenvalue weighted by Crippen LogP contribution is 2.43. The molecule has 0 saturated carbocycles. The van der Waals surface area contributed by atoms with Crippen molar-refractivity contribution in [2.24, 2.45) is 11.3 Å². The quantitative estimate of drug-likeness (QED) is 0.493. The smallest absolute Gasteiger partial charge is 0.341 e. The molecule has 0 fully saturated rings. The van der Waals surface area contributed by atoms with Crippen LogP contribution in [0.1, 0.15) is 86.2 Å². The maximum Gasteiger partial charge on any atom is 0.341 e. The van der Waals surface area contributed by atoms with E-state index in [9.17, 15) is 9.59 Å². The Morgan fingerprint density at radius 1 is 1.23 bits per heavy atom. The van der Waals surface area contributed by atoms with Crippen molar-refractivity contribution >= 4 is 28.2 Å². The van der Waals surface area contributed by atoms with E-state index >= 15 is 0 Å². The normalized spacial score (nSPS) is 17.0. The third-order valence-electron chi connectivity index (χ3n) is 5.76. The zero-order valence-corrected chi connectivity index (χ0v) is 20.2. The number of carbonyl (C=O) groups is 2. The predicted octanol–water partition coefficient (Wildman–Crippen LogP) is 6.60. The molecule has 0 spiro atoms. The molecule has 1 aromatic heterocycles. The molecule has 1 heterocycles. The van der Waals surface area contributed by atoms with Crippen LogP contribution in [0.4, 0.5) is 5.00 Å². The Hall–Kier alpha value is -2.14. The Kier molecular flexibility index (Phi) is 7.58. The van der Waals surface area contributed by atoms with E-state index in [1.54, 1.807) is 11.3 Å². The molecule has 1 aliphatic rings. The van der Waals surface area contributed by atoms with Gasteiger partial charge in [-0.3, -0.25) is 4.79 Å². The lowest BCUT2D eigenvalue weighted by molar-refractivity contribution is -0.117. The van der Waals surface area contributed by atoms with Crippen LogP contribution in [-0.4, -0.2) is 18.5 Å². The monoisotopic (exact) mass is 441 g/mol. The van der Waals surface area contributed by atoms with Crippen LogP contribution in [0.3, 0.4) is 0 Å². The fraction of sp³-hybridized carbons (Fsp3) is 0.538. The summed E-state index contributed by atoms with van der Waals surface area (Å²) in [5.41, 5.74) is 3.16. The molecule has 0 unspecified atom stereocenters. The van der Waals surface area contributed by atoms with Gasteiger partial charge in [-0.2, -0.15) is 0 Å². The molecule has 1 aliphatic carbocycles. The van der Waals surface area contributed by atoms with Gasteiger partial charge in [0.1, 0.15) is 5.00 Å². The zero-order chi connectivity index (χ0) is 22.6. The molecule has 0 bridgehead atoms. The number of thiophene rings is 1. The minimum Gasteiger partial charge on any atom is -0.462 e. The van der Waals surface area contributed by atoms with E-state index in [4.69, 9.17) is 4.74 Å². The first-order valence-electron chi connectivity index (χ1n) is 11.3. The lowest BCUT2D eigenvalue weighted by Crippen LogP contribution is -2.20. The number of ether oxygens (including phenoxy) is 1. The van der Waals surface area contributed by atoms with Gasteiger partial charge in [-0.15, -0.1) is 11.3 Å². The summed E-state index contributed by atoms with van der Waals surface area (Å²) in [7, 11) is 0. The van der Waals surface area contributed by atoms with Crippen molar-refractivity contribution in [3.63, 3.8) is 0 Å². The van der Waals surface area contributed by atoms with Crippen LogP contribution >= 0.6 is 11.3 Å². The van der Waals surface area contributed by atoms with E-state index in [0.29, 0.717) is 29.5 Å². The summed E-state index contributed by atoms with van der Waals surface area (Å²) in [5, 5.41) is 3.71. The van der Waals surface area contributed by atoms with Gasteiger partial charge in [0.2, 0.25) is 5.91 Å². The topological polar surface area (TPSA) is 55.4 Å². The van der Waals surface area contributed by atoms with E-state index in [1.165, 1.54) is 10.4 Å². The third-order valence-corrected chi connectivity index (χ3v) is 6.93. The SMILES string of the molecule is CCOC(=O)c1c(NC(=O)C[C@@H](C)CC(C)(C)C)sc2c1CC[C@H](c1ccccc1)C2. The van der Waals surface area contributed by atoms with Gasteiger partial charge in [0.15, 0.2) is 0 Å². The second kappa shape index (κ2) is 9.99. The summed E-state index contributed by atoms with van der Waals surface area (Å²) < 4.78 is 5.35. The Labute approximate surface area is 190 Å². The lowest BCUT2D eigenvalue weighted by atomic mass is 9.83. The van der Waals surface area contributed by atoms with Gasteiger partial charge < -0.3 is 10.1 Å². The van der Waals surface area contributed by atoms with Gasteiger partial charge in [0.05, 0.1) is 12.2 Å². The number of carbonyl (C=O) groups excluding carboxylic acids is 2. The molecular formula is C26H35NO3S. The summed E-state index contributed by atoms with van der Waals surface area (Å²) in [6, 6.07) is 10.5. The highest BCUT2D eigenvalue weighted by Gasteiger charge is 2.31. The van der Waals surface area contributed by atoms with Gasteiger partial charge in [-0.1, -0.05) is 58.0 Å². The maximum absolute atomic E-state index is 12.8. The van der Waals surface area contributed by atoms with Crippen molar-refractivity contribution in [1.29, 1.82) is 0 Å². The number of rotatable bonds is 7. The van der Waals surface area contributed by atoms with Crippen LogP contribution in [0, 0.1) is 11.3 Å². The number of anilines is 1. The molecule has 1 amide bonds. The summed E-state index contributed by atoms with van der Waals surface area (Å²) in [6.45, 7) is 10.8. The van der Waals surface area contributed by atoms with E-state index in [-0.39, 0.29) is 23.2 Å². The largest absolute Gasteiger partial charge is 0.462 e. The fourth-order valence-electron chi connectivity index (χ4n) is 4.71. The number of esters is 1. The van der Waals surface area contributed by atoms with Gasteiger partial charge in [-0.25, -0.2) is 4.79 Å². The molecule has 0 saturated heterocycles. The molecule has 0 radical (unpaired) electrons. The average molecular weight is 442 g/mol. The van der Waals surface area contributed by atoms with Crippen molar-refractivity contribution in [1.82, 2.24) is 0 Å². The van der Waals surface area contributed by atoms with Gasteiger partial charge in [-0.05, 0) is 61.0 Å². The molecule has 5 heteroatoms. The number of hydrogen-bond acceptors (Lipinski definition) is 4. The number of hydrogen-bond donors (Lipinski definition) is 1. The van der Waals surface area contributed by atoms with Crippen LogP contribution in [0.5, 0.6) is 0 Å². The van der Waals surface area contributed by atoms with Crippen LogP contribution in [0.2, 0.25) is 0 Å². The van der Waals surface area contributed by atoms with Crippen LogP contribution in [0.25, 0.3) is 0 Å². The van der Waals surface area contributed by atoms with Crippen molar-refractivity contribution < 1.29 is 14.3 Å². The Morgan fingerprint density at radius 3 is 2.58 bits per heavy atom. The Balaban J connectivity index is 1.81. The van der Waals surface area contributed by atoms with Crippen LogP contribution in [-0.2, 0) is 22.4 Å². The molecule has 2 atom stereocenters. The van der Waals surface area contributed by atoms with Crippen LogP contribution < -0.4 is 5.32 Å². The second-order valence-corrected chi connectivity index (χ2v) is 11.0.